The summed E-state index contributed by atoms with van der Waals surface area (Å²) < 4.78 is 8.40. The summed E-state index contributed by atoms with van der Waals surface area (Å²) in [5.41, 5.74) is 8.74. The number of nitrogens with one attached hydrogen (secondary N) is 1. The van der Waals surface area contributed by atoms with E-state index in [0.29, 0.717) is 0 Å². The average Bonchev–Trinajstić information content (AvgIpc) is 3.00. The van der Waals surface area contributed by atoms with Gasteiger partial charge < -0.3 is 9.13 Å². The van der Waals surface area contributed by atoms with Crippen molar-refractivity contribution < 1.29 is 4.57 Å². The van der Waals surface area contributed by atoms with Crippen LogP contribution in [0.25, 0.3) is 22.1 Å². The molecule has 0 unspecified atom stereocenters. The lowest BCUT2D eigenvalue weighted by Gasteiger charge is -1.97. The highest BCUT2D eigenvalue weighted by Crippen LogP contribution is 2.15. The molecule has 0 atom stereocenters. The number of anilines is 1. The van der Waals surface area contributed by atoms with Gasteiger partial charge in [-0.2, -0.15) is 5.43 Å². The molecule has 0 spiro atoms. The van der Waals surface area contributed by atoms with Gasteiger partial charge in [-0.05, 0) is 24.3 Å². The highest BCUT2D eigenvalue weighted by molar-refractivity contribution is 5.76. The first-order chi connectivity index (χ1) is 11.6. The molecule has 1 N–H and O–H groups in total. The van der Waals surface area contributed by atoms with Gasteiger partial charge in [0.05, 0.1) is 25.1 Å². The van der Waals surface area contributed by atoms with Crippen LogP contribution < -0.4 is 15.6 Å². The van der Waals surface area contributed by atoms with Crippen molar-refractivity contribution in [3.63, 3.8) is 0 Å². The fraction of sp³-hybridized carbons (Fsp3) is 0.222. The third-order valence-corrected chi connectivity index (χ3v) is 4.70. The zero-order chi connectivity index (χ0) is 16.8. The smallest absolute Gasteiger partial charge is 0.311 e. The summed E-state index contributed by atoms with van der Waals surface area (Å²) in [6, 6.07) is 16.6. The highest BCUT2D eigenvalue weighted by atomic mass is 15.4. The fourth-order valence-corrected chi connectivity index (χ4v) is 3.36. The van der Waals surface area contributed by atoms with E-state index < -0.39 is 0 Å². The Morgan fingerprint density at radius 3 is 1.92 bits per heavy atom. The Hall–Kier alpha value is -3.02. The van der Waals surface area contributed by atoms with Crippen LogP contribution in [-0.4, -0.2) is 13.7 Å². The number of rotatable bonds is 2. The van der Waals surface area contributed by atoms with E-state index in [2.05, 4.69) is 53.1 Å². The second-order valence-electron chi connectivity index (χ2n) is 6.06. The van der Waals surface area contributed by atoms with Gasteiger partial charge >= 0.3 is 5.95 Å². The summed E-state index contributed by atoms with van der Waals surface area (Å²) in [5, 5.41) is 4.66. The Labute approximate surface area is 139 Å². The van der Waals surface area contributed by atoms with Crippen LogP contribution in [0.5, 0.6) is 0 Å². The molecular formula is C18H21N6+. The van der Waals surface area contributed by atoms with E-state index in [4.69, 9.17) is 0 Å². The van der Waals surface area contributed by atoms with Crippen LogP contribution in [-0.2, 0) is 28.2 Å². The summed E-state index contributed by atoms with van der Waals surface area (Å²) >= 11 is 0. The maximum Gasteiger partial charge on any atom is 0.381 e. The molecule has 122 valence electrons. The van der Waals surface area contributed by atoms with E-state index in [1.54, 1.807) is 0 Å². The van der Waals surface area contributed by atoms with Gasteiger partial charge in [0.25, 0.3) is 0 Å². The van der Waals surface area contributed by atoms with Crippen molar-refractivity contribution in [2.75, 3.05) is 5.43 Å². The van der Waals surface area contributed by atoms with E-state index in [-0.39, 0.29) is 0 Å². The lowest BCUT2D eigenvalue weighted by atomic mass is 10.3. The van der Waals surface area contributed by atoms with E-state index in [1.807, 2.05) is 52.5 Å². The maximum absolute atomic E-state index is 4.66. The van der Waals surface area contributed by atoms with Crippen LogP contribution in [0, 0.1) is 0 Å². The molecule has 24 heavy (non-hydrogen) atoms. The fourth-order valence-electron chi connectivity index (χ4n) is 3.36. The monoisotopic (exact) mass is 321 g/mol. The Bertz CT molecular complexity index is 1040. The van der Waals surface area contributed by atoms with Gasteiger partial charge in [0.15, 0.2) is 0 Å². The molecule has 0 radical (unpaired) electrons. The standard InChI is InChI=1S/C18H20N6/c1-21-13-9-5-6-10-14(13)22(2)17(21)19-20-18-23(3)15-11-7-8-12-16(15)24(18)4/h5-12H,1-4H3/p+1. The first-order valence-electron chi connectivity index (χ1n) is 7.93. The number of aromatic nitrogens is 4. The molecule has 2 aromatic heterocycles. The van der Waals surface area contributed by atoms with Gasteiger partial charge in [-0.3, -0.25) is 0 Å². The second-order valence-corrected chi connectivity index (χ2v) is 6.06. The van der Waals surface area contributed by atoms with E-state index >= 15 is 0 Å². The van der Waals surface area contributed by atoms with E-state index in [1.165, 1.54) is 11.0 Å². The van der Waals surface area contributed by atoms with Crippen molar-refractivity contribution in [3.05, 3.63) is 54.1 Å². The summed E-state index contributed by atoms with van der Waals surface area (Å²) in [6.45, 7) is 0. The molecule has 0 amide bonds. The van der Waals surface area contributed by atoms with Gasteiger partial charge in [0, 0.05) is 14.1 Å². The number of hydrogen-bond acceptors (Lipinski definition) is 2. The van der Waals surface area contributed by atoms with Crippen LogP contribution in [0.3, 0.4) is 0 Å². The lowest BCUT2D eigenvalue weighted by molar-refractivity contribution is -0.630. The minimum absolute atomic E-state index is 0.862. The third kappa shape index (κ3) is 1.96. The SMILES string of the molecule is Cn1c(NN=c2n(C)c3ccccc3n2C)[n+](C)c2ccccc21. The number of fused-ring (bicyclic) bond motifs is 2. The largest absolute Gasteiger partial charge is 0.381 e. The summed E-state index contributed by atoms with van der Waals surface area (Å²) in [5.74, 6) is 0.932. The summed E-state index contributed by atoms with van der Waals surface area (Å²) in [4.78, 5) is 0. The topological polar surface area (TPSA) is 43.1 Å². The first kappa shape index (κ1) is 14.6. The minimum Gasteiger partial charge on any atom is -0.311 e. The second kappa shape index (κ2) is 5.26. The Morgan fingerprint density at radius 1 is 0.792 bits per heavy atom. The molecule has 0 saturated heterocycles. The lowest BCUT2D eigenvalue weighted by Crippen LogP contribution is -2.32. The molecule has 2 aromatic carbocycles. The van der Waals surface area contributed by atoms with Gasteiger partial charge in [-0.1, -0.05) is 29.4 Å². The molecule has 6 heteroatoms. The zero-order valence-corrected chi connectivity index (χ0v) is 14.4. The van der Waals surface area contributed by atoms with Crippen molar-refractivity contribution in [1.82, 2.24) is 13.7 Å². The molecule has 4 rings (SSSR count). The Balaban J connectivity index is 1.88. The van der Waals surface area contributed by atoms with Crippen molar-refractivity contribution in [3.8, 4) is 0 Å². The molecule has 2 heterocycles. The van der Waals surface area contributed by atoms with Crippen LogP contribution in [0.2, 0.25) is 0 Å². The minimum atomic E-state index is 0.862. The number of nitrogens with zero attached hydrogens (tertiary/aromatic N) is 5. The first-order valence-corrected chi connectivity index (χ1v) is 7.93. The molecule has 0 aliphatic heterocycles. The molecule has 0 bridgehead atoms. The number of aryl methyl sites for hydroxylation is 4. The summed E-state index contributed by atoms with van der Waals surface area (Å²) in [6.07, 6.45) is 0. The average molecular weight is 321 g/mol. The van der Waals surface area contributed by atoms with E-state index in [0.717, 1.165) is 22.6 Å². The van der Waals surface area contributed by atoms with Gasteiger partial charge in [0.1, 0.15) is 11.0 Å². The van der Waals surface area contributed by atoms with Gasteiger partial charge in [-0.25, -0.2) is 9.13 Å². The molecule has 0 fully saturated rings. The quantitative estimate of drug-likeness (QED) is 0.444. The number of para-hydroxylation sites is 4. The van der Waals surface area contributed by atoms with E-state index in [9.17, 15) is 0 Å². The third-order valence-electron chi connectivity index (χ3n) is 4.70. The number of imidazole rings is 2. The molecular weight excluding hydrogens is 300 g/mol. The predicted octanol–water partition coefficient (Wildman–Crippen LogP) is 1.76. The number of hydrogen-bond donors (Lipinski definition) is 1. The van der Waals surface area contributed by atoms with Crippen LogP contribution in [0.4, 0.5) is 5.95 Å². The van der Waals surface area contributed by atoms with Crippen molar-refractivity contribution in [2.24, 2.45) is 33.3 Å². The van der Waals surface area contributed by atoms with Crippen LogP contribution >= 0.6 is 0 Å². The van der Waals surface area contributed by atoms with Crippen molar-refractivity contribution in [1.29, 1.82) is 0 Å². The predicted molar refractivity (Wildman–Crippen MR) is 95.2 cm³/mol. The van der Waals surface area contributed by atoms with Crippen LogP contribution in [0.15, 0.2) is 53.6 Å². The van der Waals surface area contributed by atoms with Crippen molar-refractivity contribution >= 4 is 28.0 Å². The molecule has 0 saturated carbocycles. The Kier molecular flexibility index (Phi) is 3.19. The molecule has 6 nitrogen and oxygen atoms in total. The van der Waals surface area contributed by atoms with Gasteiger partial charge in [0.2, 0.25) is 5.62 Å². The van der Waals surface area contributed by atoms with Crippen LogP contribution in [0.1, 0.15) is 0 Å². The highest BCUT2D eigenvalue weighted by Gasteiger charge is 2.18. The summed E-state index contributed by atoms with van der Waals surface area (Å²) in [7, 11) is 8.15. The number of benzene rings is 2. The zero-order valence-electron chi connectivity index (χ0n) is 14.4. The van der Waals surface area contributed by atoms with Gasteiger partial charge in [-0.15, -0.1) is 0 Å². The van der Waals surface area contributed by atoms with Crippen molar-refractivity contribution in [2.45, 2.75) is 0 Å². The molecule has 0 aliphatic carbocycles. The normalized spacial score (nSPS) is 11.3. The molecule has 4 aromatic rings. The Morgan fingerprint density at radius 2 is 1.33 bits per heavy atom. The molecule has 0 aliphatic rings. The maximum atomic E-state index is 4.66.